The van der Waals surface area contributed by atoms with Crippen LogP contribution in [0.3, 0.4) is 0 Å². The van der Waals surface area contributed by atoms with Crippen LogP contribution in [0.1, 0.15) is 231 Å². The summed E-state index contributed by atoms with van der Waals surface area (Å²) in [7, 11) is 0. The van der Waals surface area contributed by atoms with Crippen molar-refractivity contribution in [2.75, 3.05) is 0 Å². The number of fused-ring (bicyclic) bond motifs is 6. The van der Waals surface area contributed by atoms with Gasteiger partial charge in [0.15, 0.2) is 23.0 Å². The van der Waals surface area contributed by atoms with Crippen molar-refractivity contribution < 1.29 is 160 Å². The number of benzene rings is 4. The highest BCUT2D eigenvalue weighted by Gasteiger charge is 2.48. The normalized spacial score (nSPS) is 13.8. The lowest BCUT2D eigenvalue weighted by Crippen LogP contribution is -2.31. The summed E-state index contributed by atoms with van der Waals surface area (Å²) in [6, 6.07) is 4.98. The molecule has 0 radical (unpaired) electrons. The van der Waals surface area contributed by atoms with E-state index in [0.717, 1.165) is 24.3 Å². The van der Waals surface area contributed by atoms with Crippen LogP contribution in [0.2, 0.25) is 0 Å². The topological polar surface area (TPSA) is 55.4 Å². The predicted molar refractivity (Wildman–Crippen MR) is 315 cm³/mol. The Hall–Kier alpha value is -5.64. The van der Waals surface area contributed by atoms with Crippen molar-refractivity contribution in [2.45, 2.75) is 305 Å². The average molecular weight is 1540 g/mol. The SMILES string of the molecule is FC(F)(F)CCCCCCC(F)(F)Oc1ccc2c3ccccc3c3c(OC(F)(F)CCCCCCC(F)(F)F)c(OC(F)(F)CCCCCCC(F)(F)F)c(OC(F)(F)CCCCCCC(F)(F)F)c(OC(F)(F)CCCCCCC(F)(F)F)c3c2c1OC(F)(F)CCCCCCC(F)(F)F. The van der Waals surface area contributed by atoms with Crippen LogP contribution in [0.15, 0.2) is 36.4 Å². The minimum atomic E-state index is -5.13. The number of rotatable bonds is 48. The van der Waals surface area contributed by atoms with Crippen LogP contribution < -0.4 is 28.4 Å². The fourth-order valence-corrected chi connectivity index (χ4v) is 11.0. The molecule has 0 aliphatic rings. The zero-order valence-electron chi connectivity index (χ0n) is 54.7. The first-order valence-electron chi connectivity index (χ1n) is 33.1. The molecule has 0 fully saturated rings. The van der Waals surface area contributed by atoms with E-state index < -0.39 is 365 Å². The van der Waals surface area contributed by atoms with Gasteiger partial charge in [-0.3, -0.25) is 0 Å². The Morgan fingerprint density at radius 1 is 0.176 bits per heavy atom. The standard InChI is InChI=1S/C66H78F30O6/c67-55(68,69)31-15-1-7-21-37-61(85,86)97-46-30-29-45-43-27-13-14-28-44(43)48-49(47(45)50(46)98-62(87,88)38-22-8-2-16-32-56(70,71)72)52(100-64(91,92)40-24-10-4-18-34-58(76,77)78)54(102-66(95,96)42-26-12-6-20-36-60(82,83)84)53(101-65(93,94)41-25-11-5-19-35-59(79,80)81)51(48)99-63(89,90)39-23-9-3-17-33-57(73,74)75/h13-14,27-30H,1-12,15-26,31-42H2. The Morgan fingerprint density at radius 3 is 0.637 bits per heavy atom. The minimum absolute atomic E-state index is 0.341. The molecule has 0 N–H and O–H groups in total. The van der Waals surface area contributed by atoms with E-state index in [1.54, 1.807) is 0 Å². The number of alkyl halides is 30. The Balaban J connectivity index is 2.31. The minimum Gasteiger partial charge on any atom is -0.429 e. The molecule has 0 atom stereocenters. The third-order valence-corrected chi connectivity index (χ3v) is 15.8. The van der Waals surface area contributed by atoms with Gasteiger partial charge < -0.3 is 28.4 Å². The van der Waals surface area contributed by atoms with E-state index in [2.05, 4.69) is 0 Å². The summed E-state index contributed by atoms with van der Waals surface area (Å²) in [5.41, 5.74) is 0. The second kappa shape index (κ2) is 37.6. The first kappa shape index (κ1) is 88.8. The summed E-state index contributed by atoms with van der Waals surface area (Å²) in [6.45, 7) is 0. The molecule has 0 saturated carbocycles. The molecular weight excluding hydrogens is 1460 g/mol. The summed E-state index contributed by atoms with van der Waals surface area (Å²) in [6.07, 6.45) is -91.3. The third-order valence-electron chi connectivity index (χ3n) is 15.8. The lowest BCUT2D eigenvalue weighted by Gasteiger charge is -2.31. The van der Waals surface area contributed by atoms with Crippen molar-refractivity contribution in [1.29, 1.82) is 0 Å². The van der Waals surface area contributed by atoms with Gasteiger partial charge in [-0.15, -0.1) is 0 Å². The van der Waals surface area contributed by atoms with E-state index in [1.807, 2.05) is 0 Å². The van der Waals surface area contributed by atoms with Gasteiger partial charge >= 0.3 is 73.7 Å². The fourth-order valence-electron chi connectivity index (χ4n) is 11.0. The van der Waals surface area contributed by atoms with Crippen LogP contribution in [-0.2, 0) is 0 Å². The fraction of sp³-hybridized carbons (Fsp3) is 0.727. The molecule has 4 aromatic carbocycles. The molecular formula is C66H78F30O6. The van der Waals surface area contributed by atoms with Crippen LogP contribution in [0.5, 0.6) is 34.5 Å². The number of halogens is 30. The van der Waals surface area contributed by atoms with E-state index in [9.17, 15) is 79.0 Å². The molecule has 588 valence electrons. The van der Waals surface area contributed by atoms with Gasteiger partial charge in [0.25, 0.3) is 0 Å². The van der Waals surface area contributed by atoms with Gasteiger partial charge in [0, 0.05) is 54.7 Å². The van der Waals surface area contributed by atoms with E-state index in [4.69, 9.17) is 28.4 Å². The Morgan fingerprint density at radius 2 is 0.373 bits per heavy atom. The van der Waals surface area contributed by atoms with Crippen LogP contribution in [0.4, 0.5) is 132 Å². The number of hydrogen-bond donors (Lipinski definition) is 0. The van der Waals surface area contributed by atoms with Gasteiger partial charge in [-0.05, 0) is 105 Å². The van der Waals surface area contributed by atoms with E-state index in [1.165, 1.54) is 0 Å². The summed E-state index contributed by atoms with van der Waals surface area (Å²) in [4.78, 5) is 0. The molecule has 102 heavy (non-hydrogen) atoms. The van der Waals surface area contributed by atoms with Gasteiger partial charge in [-0.25, -0.2) is 0 Å². The lowest BCUT2D eigenvalue weighted by atomic mass is 9.91. The first-order chi connectivity index (χ1) is 46.8. The molecule has 0 heterocycles. The van der Waals surface area contributed by atoms with Crippen LogP contribution >= 0.6 is 0 Å². The maximum atomic E-state index is 17.2. The first-order valence-corrected chi connectivity index (χ1v) is 33.1. The Labute approximate surface area is 567 Å². The van der Waals surface area contributed by atoms with Gasteiger partial charge in [0.2, 0.25) is 11.5 Å². The molecule has 0 aliphatic heterocycles. The smallest absolute Gasteiger partial charge is 0.398 e. The largest absolute Gasteiger partial charge is 0.429 e. The summed E-state index contributed by atoms with van der Waals surface area (Å²) in [5, 5.41) is -6.65. The lowest BCUT2D eigenvalue weighted by molar-refractivity contribution is -0.208. The molecule has 0 amide bonds. The molecule has 0 bridgehead atoms. The molecule has 36 heteroatoms. The summed E-state index contributed by atoms with van der Waals surface area (Å²) in [5.74, 6) is -12.4. The molecule has 0 saturated heterocycles. The number of unbranched alkanes of at least 4 members (excludes halogenated alkanes) is 18. The van der Waals surface area contributed by atoms with Crippen LogP contribution in [0.25, 0.3) is 32.3 Å². The van der Waals surface area contributed by atoms with Crippen molar-refractivity contribution in [1.82, 2.24) is 0 Å². The summed E-state index contributed by atoms with van der Waals surface area (Å²) < 4.78 is 467. The molecule has 0 spiro atoms. The summed E-state index contributed by atoms with van der Waals surface area (Å²) >= 11 is 0. The van der Waals surface area contributed by atoms with E-state index in [0.29, 0.717) is 12.1 Å². The molecule has 0 aromatic heterocycles. The molecule has 4 rings (SSSR count). The van der Waals surface area contributed by atoms with Crippen molar-refractivity contribution in [3.05, 3.63) is 36.4 Å². The van der Waals surface area contributed by atoms with Gasteiger partial charge in [0.1, 0.15) is 0 Å². The highest BCUT2D eigenvalue weighted by molar-refractivity contribution is 6.31. The molecule has 0 aliphatic carbocycles. The quantitative estimate of drug-likeness (QED) is 0.0250. The maximum absolute atomic E-state index is 17.2. The van der Waals surface area contributed by atoms with Crippen molar-refractivity contribution >= 4 is 32.3 Å². The van der Waals surface area contributed by atoms with Crippen molar-refractivity contribution in [3.8, 4) is 34.5 Å². The molecule has 6 nitrogen and oxygen atoms in total. The van der Waals surface area contributed by atoms with E-state index in [-0.39, 0.29) is 6.42 Å². The second-order valence-electron chi connectivity index (χ2n) is 25.0. The Kier molecular flexibility index (Phi) is 32.7. The highest BCUT2D eigenvalue weighted by Crippen LogP contribution is 2.62. The predicted octanol–water partition coefficient (Wildman–Crippen LogP) is 28.4. The van der Waals surface area contributed by atoms with Gasteiger partial charge in [0.05, 0.1) is 38.5 Å². The third kappa shape index (κ3) is 34.5. The van der Waals surface area contributed by atoms with Gasteiger partial charge in [-0.1, -0.05) is 101 Å². The monoisotopic (exact) mass is 1540 g/mol. The maximum Gasteiger partial charge on any atom is 0.398 e. The van der Waals surface area contributed by atoms with Crippen LogP contribution in [0, 0.1) is 0 Å². The highest BCUT2D eigenvalue weighted by atomic mass is 19.4. The van der Waals surface area contributed by atoms with Crippen LogP contribution in [-0.4, -0.2) is 73.7 Å². The Bertz CT molecular complexity index is 3130. The van der Waals surface area contributed by atoms with Gasteiger partial charge in [-0.2, -0.15) is 132 Å². The zero-order chi connectivity index (χ0) is 76.9. The van der Waals surface area contributed by atoms with Crippen molar-refractivity contribution in [3.63, 3.8) is 0 Å². The zero-order valence-corrected chi connectivity index (χ0v) is 54.7. The van der Waals surface area contributed by atoms with Crippen molar-refractivity contribution in [2.24, 2.45) is 0 Å². The molecule has 0 unspecified atom stereocenters. The number of ether oxygens (including phenoxy) is 6. The number of hydrogen-bond acceptors (Lipinski definition) is 6. The molecule has 4 aromatic rings. The van der Waals surface area contributed by atoms with E-state index >= 15 is 52.7 Å². The second-order valence-corrected chi connectivity index (χ2v) is 25.0. The average Bonchev–Trinajstić information content (AvgIpc) is 0.701.